The predicted octanol–water partition coefficient (Wildman–Crippen LogP) is 5.48. The standard InChI is InChI=1S/C29H27F6N5O2S/c30-28(31,32)21-5-4-19(24(11-21)29(33,34)35)14-40-25-6-1-17(9-20(25)12-37-40)10-23-13-36-27(43-23)38-7-8-39(22(15-38)16-41)26(42)18-2-3-18/h1,4-6,9-12,18,22,41H,2-3,7-8,13-16H2/t22-/m1/s1. The Kier molecular flexibility index (Phi) is 7.69. The van der Waals surface area contributed by atoms with Crippen molar-refractivity contribution in [2.24, 2.45) is 10.9 Å². The highest BCUT2D eigenvalue weighted by atomic mass is 32.2. The molecule has 43 heavy (non-hydrogen) atoms. The van der Waals surface area contributed by atoms with Crippen LogP contribution in [0.25, 0.3) is 17.0 Å². The molecule has 0 spiro atoms. The number of aromatic nitrogens is 2. The number of aliphatic hydroxyl groups is 1. The molecule has 3 aliphatic rings. The smallest absolute Gasteiger partial charge is 0.394 e. The molecule has 7 nitrogen and oxygen atoms in total. The first kappa shape index (κ1) is 29.5. The lowest BCUT2D eigenvalue weighted by Crippen LogP contribution is -2.57. The zero-order valence-corrected chi connectivity index (χ0v) is 23.5. The highest BCUT2D eigenvalue weighted by Crippen LogP contribution is 2.38. The normalized spacial score (nSPS) is 20.8. The van der Waals surface area contributed by atoms with Crippen molar-refractivity contribution in [1.29, 1.82) is 0 Å². The summed E-state index contributed by atoms with van der Waals surface area (Å²) in [7, 11) is 0. The molecule has 3 heterocycles. The van der Waals surface area contributed by atoms with Crippen LogP contribution in [0.4, 0.5) is 26.3 Å². The number of aliphatic imine (C=N–C) groups is 1. The Hall–Kier alpha value is -3.52. The van der Waals surface area contributed by atoms with Crippen molar-refractivity contribution in [1.82, 2.24) is 19.6 Å². The summed E-state index contributed by atoms with van der Waals surface area (Å²) in [5, 5.41) is 15.6. The lowest BCUT2D eigenvalue weighted by atomic mass is 10.0. The first-order valence-electron chi connectivity index (χ1n) is 13.7. The summed E-state index contributed by atoms with van der Waals surface area (Å²) in [6, 6.07) is 6.72. The van der Waals surface area contributed by atoms with E-state index in [2.05, 4.69) is 15.0 Å². The molecule has 14 heteroatoms. The maximum Gasteiger partial charge on any atom is 0.416 e. The van der Waals surface area contributed by atoms with Crippen LogP contribution in [0.2, 0.25) is 0 Å². The first-order chi connectivity index (χ1) is 20.4. The summed E-state index contributed by atoms with van der Waals surface area (Å²) >= 11 is 1.52. The number of alkyl halides is 6. The van der Waals surface area contributed by atoms with Gasteiger partial charge >= 0.3 is 12.4 Å². The molecule has 0 radical (unpaired) electrons. The molecule has 228 valence electrons. The van der Waals surface area contributed by atoms with E-state index in [9.17, 15) is 36.2 Å². The molecule has 1 saturated heterocycles. The number of amides is 1. The minimum Gasteiger partial charge on any atom is -0.394 e. The minimum absolute atomic E-state index is 0.0972. The van der Waals surface area contributed by atoms with E-state index in [0.717, 1.165) is 34.5 Å². The van der Waals surface area contributed by atoms with Crippen LogP contribution in [0.1, 0.15) is 35.1 Å². The number of carbonyl (C=O) groups is 1. The molecular weight excluding hydrogens is 596 g/mol. The number of nitrogens with zero attached hydrogens (tertiary/aromatic N) is 5. The van der Waals surface area contributed by atoms with E-state index in [4.69, 9.17) is 0 Å². The van der Waals surface area contributed by atoms with E-state index in [1.54, 1.807) is 17.0 Å². The Labute approximate surface area is 246 Å². The number of halogens is 6. The first-order valence-corrected chi connectivity index (χ1v) is 14.5. The average molecular weight is 624 g/mol. The molecule has 1 amide bonds. The molecule has 1 N–H and O–H groups in total. The number of aliphatic hydroxyl groups excluding tert-OH is 1. The van der Waals surface area contributed by atoms with Gasteiger partial charge in [-0.15, -0.1) is 0 Å². The maximum atomic E-state index is 13.6. The monoisotopic (exact) mass is 623 g/mol. The molecule has 1 aromatic heterocycles. The Morgan fingerprint density at radius 3 is 2.53 bits per heavy atom. The molecule has 6 rings (SSSR count). The van der Waals surface area contributed by atoms with Crippen molar-refractivity contribution in [2.45, 2.75) is 37.8 Å². The van der Waals surface area contributed by atoms with Crippen molar-refractivity contribution in [2.75, 3.05) is 32.8 Å². The highest BCUT2D eigenvalue weighted by Gasteiger charge is 2.40. The van der Waals surface area contributed by atoms with Crippen molar-refractivity contribution in [3.05, 3.63) is 69.8 Å². The molecule has 1 atom stereocenters. The van der Waals surface area contributed by atoms with Gasteiger partial charge in [-0.2, -0.15) is 31.4 Å². The van der Waals surface area contributed by atoms with Gasteiger partial charge in [-0.1, -0.05) is 23.9 Å². The van der Waals surface area contributed by atoms with Gasteiger partial charge in [0.05, 0.1) is 48.6 Å². The van der Waals surface area contributed by atoms with Crippen LogP contribution in [-0.4, -0.2) is 74.6 Å². The van der Waals surface area contributed by atoms with Crippen LogP contribution in [0.15, 0.2) is 52.5 Å². The lowest BCUT2D eigenvalue weighted by Gasteiger charge is -2.41. The minimum atomic E-state index is -4.96. The number of rotatable bonds is 5. The second kappa shape index (κ2) is 11.2. The van der Waals surface area contributed by atoms with Crippen molar-refractivity contribution < 1.29 is 36.2 Å². The maximum absolute atomic E-state index is 13.6. The van der Waals surface area contributed by atoms with Gasteiger partial charge in [-0.05, 0) is 54.3 Å². The summed E-state index contributed by atoms with van der Waals surface area (Å²) in [6.45, 7) is 1.69. The summed E-state index contributed by atoms with van der Waals surface area (Å²) in [5.41, 5.74) is -1.64. The zero-order valence-electron chi connectivity index (χ0n) is 22.7. The number of thioether (sulfide) groups is 1. The third-order valence-electron chi connectivity index (χ3n) is 7.82. The predicted molar refractivity (Wildman–Crippen MR) is 150 cm³/mol. The van der Waals surface area contributed by atoms with Crippen LogP contribution < -0.4 is 0 Å². The van der Waals surface area contributed by atoms with E-state index in [-0.39, 0.29) is 42.6 Å². The summed E-state index contributed by atoms with van der Waals surface area (Å²) < 4.78 is 81.4. The van der Waals surface area contributed by atoms with Crippen molar-refractivity contribution >= 4 is 39.8 Å². The molecule has 2 fully saturated rings. The van der Waals surface area contributed by atoms with Crippen molar-refractivity contribution in [3.8, 4) is 0 Å². The van der Waals surface area contributed by atoms with Crippen LogP contribution in [0, 0.1) is 5.92 Å². The topological polar surface area (TPSA) is 74.0 Å². The zero-order chi connectivity index (χ0) is 30.5. The summed E-state index contributed by atoms with van der Waals surface area (Å²) in [5.74, 6) is 0.221. The quantitative estimate of drug-likeness (QED) is 0.381. The Balaban J connectivity index is 1.14. The van der Waals surface area contributed by atoms with Gasteiger partial charge < -0.3 is 14.9 Å². The SMILES string of the molecule is O=C(C1CC1)N1CCN(C2=NCC(=Cc3ccc4c(cnn4Cc4ccc(C(F)(F)F)cc4C(F)(F)F)c3)S2)C[C@@H]1CO. The van der Waals surface area contributed by atoms with Gasteiger partial charge in [0.15, 0.2) is 5.17 Å². The number of hydrogen-bond acceptors (Lipinski definition) is 6. The van der Waals surface area contributed by atoms with Gasteiger partial charge in [0.2, 0.25) is 5.91 Å². The number of fused-ring (bicyclic) bond motifs is 1. The lowest BCUT2D eigenvalue weighted by molar-refractivity contribution is -0.143. The fourth-order valence-corrected chi connectivity index (χ4v) is 6.41. The largest absolute Gasteiger partial charge is 0.416 e. The van der Waals surface area contributed by atoms with Gasteiger partial charge in [0, 0.05) is 35.8 Å². The van der Waals surface area contributed by atoms with Crippen LogP contribution >= 0.6 is 11.8 Å². The third-order valence-corrected chi connectivity index (χ3v) is 8.90. The molecule has 2 aliphatic heterocycles. The number of amidine groups is 1. The van der Waals surface area contributed by atoms with Crippen LogP contribution in [0.5, 0.6) is 0 Å². The van der Waals surface area contributed by atoms with Crippen LogP contribution in [-0.2, 0) is 23.7 Å². The van der Waals surface area contributed by atoms with Gasteiger partial charge in [-0.3, -0.25) is 14.5 Å². The fraction of sp³-hybridized carbons (Fsp3) is 0.414. The Morgan fingerprint density at radius 1 is 1.05 bits per heavy atom. The number of benzene rings is 2. The summed E-state index contributed by atoms with van der Waals surface area (Å²) in [4.78, 5) is 22.1. The van der Waals surface area contributed by atoms with Gasteiger partial charge in [0.1, 0.15) is 0 Å². The van der Waals surface area contributed by atoms with E-state index in [1.165, 1.54) is 22.6 Å². The van der Waals surface area contributed by atoms with E-state index in [0.29, 0.717) is 43.1 Å². The molecule has 1 aliphatic carbocycles. The van der Waals surface area contributed by atoms with E-state index in [1.807, 2.05) is 12.1 Å². The van der Waals surface area contributed by atoms with Gasteiger partial charge in [0.25, 0.3) is 0 Å². The molecule has 2 aromatic carbocycles. The molecule has 0 bridgehead atoms. The molecule has 1 saturated carbocycles. The number of piperazine rings is 1. The Morgan fingerprint density at radius 2 is 1.84 bits per heavy atom. The number of hydrogen-bond donors (Lipinski definition) is 1. The molecular formula is C29H27F6N5O2S. The van der Waals surface area contributed by atoms with E-state index < -0.39 is 23.5 Å². The van der Waals surface area contributed by atoms with Crippen molar-refractivity contribution in [3.63, 3.8) is 0 Å². The Bertz CT molecular complexity index is 1610. The average Bonchev–Trinajstić information content (AvgIpc) is 3.59. The third kappa shape index (κ3) is 6.26. The van der Waals surface area contributed by atoms with Gasteiger partial charge in [-0.25, -0.2) is 0 Å². The highest BCUT2D eigenvalue weighted by molar-refractivity contribution is 8.17. The van der Waals surface area contributed by atoms with E-state index >= 15 is 0 Å². The van der Waals surface area contributed by atoms with Crippen LogP contribution in [0.3, 0.4) is 0 Å². The molecule has 0 unspecified atom stereocenters. The fourth-order valence-electron chi connectivity index (χ4n) is 5.43. The summed E-state index contributed by atoms with van der Waals surface area (Å²) in [6.07, 6.45) is -4.55. The number of carbonyl (C=O) groups excluding carboxylic acids is 1. The second-order valence-electron chi connectivity index (χ2n) is 10.9. The second-order valence-corrected chi connectivity index (χ2v) is 12.0. The molecule has 3 aromatic rings.